The molecule has 1 fully saturated rings. The predicted molar refractivity (Wildman–Crippen MR) is 102 cm³/mol. The van der Waals surface area contributed by atoms with Crippen molar-refractivity contribution < 1.29 is 4.74 Å². The summed E-state index contributed by atoms with van der Waals surface area (Å²) in [7, 11) is 1.73. The van der Waals surface area contributed by atoms with Crippen LogP contribution in [0, 0.1) is 0 Å². The monoisotopic (exact) mass is 336 g/mol. The maximum absolute atomic E-state index is 5.99. The number of benzene rings is 1. The lowest BCUT2D eigenvalue weighted by molar-refractivity contribution is 0.405. The highest BCUT2D eigenvalue weighted by Gasteiger charge is 2.16. The van der Waals surface area contributed by atoms with E-state index in [1.807, 2.05) is 24.4 Å². The van der Waals surface area contributed by atoms with E-state index in [0.29, 0.717) is 11.9 Å². The number of hydrogen-bond acceptors (Lipinski definition) is 4. The zero-order valence-corrected chi connectivity index (χ0v) is 14.5. The molecular weight excluding hydrogens is 312 g/mol. The summed E-state index contributed by atoms with van der Waals surface area (Å²) in [4.78, 5) is 7.49. The second-order valence-electron chi connectivity index (χ2n) is 6.72. The highest BCUT2D eigenvalue weighted by Crippen LogP contribution is 2.32. The van der Waals surface area contributed by atoms with Gasteiger partial charge >= 0.3 is 0 Å². The van der Waals surface area contributed by atoms with E-state index in [-0.39, 0.29) is 0 Å². The van der Waals surface area contributed by atoms with Gasteiger partial charge in [-0.15, -0.1) is 0 Å². The molecule has 0 radical (unpaired) electrons. The highest BCUT2D eigenvalue weighted by atomic mass is 16.5. The van der Waals surface area contributed by atoms with Crippen molar-refractivity contribution in [3.05, 3.63) is 42.1 Å². The predicted octanol–water partition coefficient (Wildman–Crippen LogP) is 3.85. The van der Waals surface area contributed by atoms with Crippen LogP contribution < -0.4 is 15.8 Å². The molecule has 130 valence electrons. The van der Waals surface area contributed by atoms with Crippen molar-refractivity contribution in [1.82, 2.24) is 15.3 Å². The minimum Gasteiger partial charge on any atom is -0.496 e. The van der Waals surface area contributed by atoms with Crippen molar-refractivity contribution >= 4 is 16.9 Å². The number of anilines is 1. The lowest BCUT2D eigenvalue weighted by atomic mass is 10.0. The Morgan fingerprint density at radius 1 is 1.24 bits per heavy atom. The van der Waals surface area contributed by atoms with Crippen LogP contribution in [-0.4, -0.2) is 23.1 Å². The topological polar surface area (TPSA) is 76.0 Å². The van der Waals surface area contributed by atoms with Gasteiger partial charge in [-0.2, -0.15) is 0 Å². The summed E-state index contributed by atoms with van der Waals surface area (Å²) in [5.41, 5.74) is 10.2. The molecular formula is C20H24N4O. The number of nitrogens with zero attached hydrogens (tertiary/aromatic N) is 1. The van der Waals surface area contributed by atoms with Crippen LogP contribution in [0.25, 0.3) is 22.2 Å². The fourth-order valence-corrected chi connectivity index (χ4v) is 3.76. The summed E-state index contributed by atoms with van der Waals surface area (Å²) < 4.78 is 5.56. The van der Waals surface area contributed by atoms with Gasteiger partial charge in [0.1, 0.15) is 17.2 Å². The van der Waals surface area contributed by atoms with Crippen molar-refractivity contribution in [2.24, 2.45) is 0 Å². The second kappa shape index (κ2) is 6.76. The van der Waals surface area contributed by atoms with E-state index >= 15 is 0 Å². The lowest BCUT2D eigenvalue weighted by Gasteiger charge is -2.16. The van der Waals surface area contributed by atoms with Gasteiger partial charge in [-0.25, -0.2) is 4.98 Å². The summed E-state index contributed by atoms with van der Waals surface area (Å²) in [6, 6.07) is 10.9. The standard InChI is InChI=1S/C20H24N4O/c1-25-18-7-6-13(10-14(18)12-23-15-4-2-3-5-15)17-11-19(21)24-20-16(17)8-9-22-20/h6-11,15,23H,2-5,12H2,1H3,(H3,21,22,24). The van der Waals surface area contributed by atoms with Crippen LogP contribution in [0.1, 0.15) is 31.2 Å². The van der Waals surface area contributed by atoms with Crippen LogP contribution in [0.4, 0.5) is 5.82 Å². The number of pyridine rings is 1. The Labute approximate surface area is 147 Å². The molecule has 2 aromatic heterocycles. The molecule has 5 heteroatoms. The first-order valence-corrected chi connectivity index (χ1v) is 8.89. The maximum atomic E-state index is 5.99. The van der Waals surface area contributed by atoms with E-state index < -0.39 is 0 Å². The number of aromatic nitrogens is 2. The number of ether oxygens (including phenoxy) is 1. The number of nitrogens with two attached hydrogens (primary N) is 1. The number of fused-ring (bicyclic) bond motifs is 1. The number of nitrogen functional groups attached to an aromatic ring is 1. The molecule has 0 saturated heterocycles. The number of H-pyrrole nitrogens is 1. The summed E-state index contributed by atoms with van der Waals surface area (Å²) in [5.74, 6) is 1.44. The third-order valence-corrected chi connectivity index (χ3v) is 5.08. The largest absolute Gasteiger partial charge is 0.496 e. The quantitative estimate of drug-likeness (QED) is 0.661. The molecule has 5 nitrogen and oxygen atoms in total. The third-order valence-electron chi connectivity index (χ3n) is 5.08. The van der Waals surface area contributed by atoms with E-state index in [9.17, 15) is 0 Å². The Morgan fingerprint density at radius 2 is 2.08 bits per heavy atom. The smallest absolute Gasteiger partial charge is 0.140 e. The molecule has 4 N–H and O–H groups in total. The number of hydrogen-bond donors (Lipinski definition) is 3. The van der Waals surface area contributed by atoms with E-state index in [1.54, 1.807) is 7.11 Å². The van der Waals surface area contributed by atoms with Gasteiger partial charge in [0.25, 0.3) is 0 Å². The number of rotatable bonds is 5. The highest BCUT2D eigenvalue weighted by molar-refractivity contribution is 5.94. The van der Waals surface area contributed by atoms with Crippen LogP contribution in [0.3, 0.4) is 0 Å². The molecule has 0 unspecified atom stereocenters. The minimum absolute atomic E-state index is 0.520. The zero-order chi connectivity index (χ0) is 17.2. The number of methoxy groups -OCH3 is 1. The minimum atomic E-state index is 0.520. The van der Waals surface area contributed by atoms with E-state index in [4.69, 9.17) is 10.5 Å². The van der Waals surface area contributed by atoms with Crippen LogP contribution in [-0.2, 0) is 6.54 Å². The molecule has 25 heavy (non-hydrogen) atoms. The van der Waals surface area contributed by atoms with Gasteiger partial charge in [0.05, 0.1) is 7.11 Å². The van der Waals surface area contributed by atoms with Crippen molar-refractivity contribution in [2.45, 2.75) is 38.3 Å². The molecule has 4 rings (SSSR count). The van der Waals surface area contributed by atoms with Gasteiger partial charge in [0, 0.05) is 29.7 Å². The Hall–Kier alpha value is -2.53. The summed E-state index contributed by atoms with van der Waals surface area (Å²) in [6.45, 7) is 0.818. The molecule has 0 spiro atoms. The van der Waals surface area contributed by atoms with Crippen molar-refractivity contribution in [2.75, 3.05) is 12.8 Å². The van der Waals surface area contributed by atoms with E-state index in [0.717, 1.165) is 34.5 Å². The molecule has 0 aliphatic heterocycles. The Balaban J connectivity index is 1.69. The Bertz CT molecular complexity index is 881. The summed E-state index contributed by atoms with van der Waals surface area (Å²) >= 11 is 0. The van der Waals surface area contributed by atoms with Gasteiger partial charge in [-0.3, -0.25) is 0 Å². The van der Waals surface area contributed by atoms with E-state index in [1.165, 1.54) is 31.2 Å². The molecule has 0 atom stereocenters. The van der Waals surface area contributed by atoms with Gasteiger partial charge in [-0.05, 0) is 48.2 Å². The van der Waals surface area contributed by atoms with Gasteiger partial charge in [0.2, 0.25) is 0 Å². The first-order chi connectivity index (χ1) is 12.2. The average molecular weight is 336 g/mol. The van der Waals surface area contributed by atoms with E-state index in [2.05, 4.69) is 27.4 Å². The van der Waals surface area contributed by atoms with Crippen molar-refractivity contribution in [3.8, 4) is 16.9 Å². The molecule has 0 amide bonds. The molecule has 1 aromatic carbocycles. The SMILES string of the molecule is COc1ccc(-c2cc(N)nc3[nH]ccc23)cc1CNC1CCCC1. The fraction of sp³-hybridized carbons (Fsp3) is 0.350. The lowest BCUT2D eigenvalue weighted by Crippen LogP contribution is -2.25. The van der Waals surface area contributed by atoms with Gasteiger partial charge < -0.3 is 20.8 Å². The van der Waals surface area contributed by atoms with Gasteiger partial charge in [-0.1, -0.05) is 18.9 Å². The fourth-order valence-electron chi connectivity index (χ4n) is 3.76. The van der Waals surface area contributed by atoms with Gasteiger partial charge in [0.15, 0.2) is 0 Å². The zero-order valence-electron chi connectivity index (χ0n) is 14.5. The molecule has 1 aliphatic carbocycles. The van der Waals surface area contributed by atoms with Crippen LogP contribution >= 0.6 is 0 Å². The molecule has 2 heterocycles. The van der Waals surface area contributed by atoms with Crippen LogP contribution in [0.2, 0.25) is 0 Å². The average Bonchev–Trinajstić information content (AvgIpc) is 3.30. The third kappa shape index (κ3) is 3.20. The van der Waals surface area contributed by atoms with Crippen molar-refractivity contribution in [1.29, 1.82) is 0 Å². The number of aromatic amines is 1. The summed E-state index contributed by atoms with van der Waals surface area (Å²) in [6.07, 6.45) is 7.10. The van der Waals surface area contributed by atoms with Crippen molar-refractivity contribution in [3.63, 3.8) is 0 Å². The molecule has 0 bridgehead atoms. The Morgan fingerprint density at radius 3 is 2.88 bits per heavy atom. The maximum Gasteiger partial charge on any atom is 0.140 e. The second-order valence-corrected chi connectivity index (χ2v) is 6.72. The first kappa shape index (κ1) is 16.0. The molecule has 3 aromatic rings. The Kier molecular flexibility index (Phi) is 4.32. The molecule has 1 aliphatic rings. The van der Waals surface area contributed by atoms with Crippen LogP contribution in [0.5, 0.6) is 5.75 Å². The number of nitrogens with one attached hydrogen (secondary N) is 2. The summed E-state index contributed by atoms with van der Waals surface area (Å²) in [5, 5.41) is 4.75. The van der Waals surface area contributed by atoms with Crippen LogP contribution in [0.15, 0.2) is 36.5 Å². The molecule has 1 saturated carbocycles. The first-order valence-electron chi connectivity index (χ1n) is 8.89. The normalized spacial score (nSPS) is 15.1.